The molecule has 0 aliphatic rings. The number of hydrogen-bond acceptors (Lipinski definition) is 3. The third kappa shape index (κ3) is 4.16. The number of halogens is 1. The number of nitrogens with one attached hydrogen (secondary N) is 1. The van der Waals surface area contributed by atoms with Crippen LogP contribution in [-0.2, 0) is 0 Å². The molecule has 1 amide bonds. The number of carbonyl (C=O) groups excluding carboxylic acids is 1. The second kappa shape index (κ2) is 7.68. The zero-order chi connectivity index (χ0) is 17.0. The molecule has 0 fully saturated rings. The summed E-state index contributed by atoms with van der Waals surface area (Å²) in [6.45, 7) is 3.93. The first-order chi connectivity index (χ1) is 11.0. The summed E-state index contributed by atoms with van der Waals surface area (Å²) in [6.07, 6.45) is 0. The van der Waals surface area contributed by atoms with Gasteiger partial charge in [0.2, 0.25) is 0 Å². The quantitative estimate of drug-likeness (QED) is 0.734. The van der Waals surface area contributed by atoms with E-state index in [1.54, 1.807) is 14.2 Å². The molecule has 0 aromatic heterocycles. The number of rotatable bonds is 5. The minimum atomic E-state index is -0.204. The van der Waals surface area contributed by atoms with Crippen LogP contribution in [0.5, 0.6) is 11.5 Å². The second-order valence-corrected chi connectivity index (χ2v) is 6.45. The van der Waals surface area contributed by atoms with Crippen molar-refractivity contribution in [3.63, 3.8) is 0 Å². The summed E-state index contributed by atoms with van der Waals surface area (Å²) in [6, 6.07) is 11.1. The Morgan fingerprint density at radius 3 is 2.48 bits per heavy atom. The summed E-state index contributed by atoms with van der Waals surface area (Å²) in [5.74, 6) is 1.34. The van der Waals surface area contributed by atoms with Crippen LogP contribution in [0.3, 0.4) is 0 Å². The summed E-state index contributed by atoms with van der Waals surface area (Å²) in [4.78, 5) is 12.5. The van der Waals surface area contributed by atoms with Crippen LogP contribution >= 0.6 is 22.6 Å². The van der Waals surface area contributed by atoms with E-state index in [2.05, 4.69) is 27.9 Å². The fraction of sp³-hybridized carbons (Fsp3) is 0.278. The SMILES string of the molecule is COc1ccc(OC)c([C@@H](C)NC(=O)c2ccc(C)cc2I)c1. The maximum atomic E-state index is 12.5. The van der Waals surface area contributed by atoms with Crippen molar-refractivity contribution in [3.8, 4) is 11.5 Å². The molecule has 122 valence electrons. The van der Waals surface area contributed by atoms with Gasteiger partial charge in [-0.3, -0.25) is 4.79 Å². The third-order valence-electron chi connectivity index (χ3n) is 3.62. The van der Waals surface area contributed by atoms with Gasteiger partial charge in [-0.05, 0) is 66.8 Å². The van der Waals surface area contributed by atoms with E-state index in [9.17, 15) is 4.79 Å². The van der Waals surface area contributed by atoms with Gasteiger partial charge in [0.25, 0.3) is 5.91 Å². The van der Waals surface area contributed by atoms with Crippen molar-refractivity contribution in [2.75, 3.05) is 14.2 Å². The molecule has 23 heavy (non-hydrogen) atoms. The average Bonchev–Trinajstić information content (AvgIpc) is 2.53. The molecule has 1 atom stereocenters. The molecule has 0 radical (unpaired) electrons. The van der Waals surface area contributed by atoms with E-state index >= 15 is 0 Å². The number of benzene rings is 2. The standard InChI is InChI=1S/C18H20INO3/c1-11-5-7-14(16(19)9-11)18(21)20-12(2)15-10-13(22-3)6-8-17(15)23-4/h5-10,12H,1-4H3,(H,20,21)/t12-/m1/s1. The summed E-state index contributed by atoms with van der Waals surface area (Å²) in [5, 5.41) is 3.02. The van der Waals surface area contributed by atoms with Crippen molar-refractivity contribution in [2.45, 2.75) is 19.9 Å². The molecule has 0 unspecified atom stereocenters. The van der Waals surface area contributed by atoms with E-state index in [1.807, 2.05) is 50.2 Å². The Kier molecular flexibility index (Phi) is 5.87. The largest absolute Gasteiger partial charge is 0.497 e. The molecule has 4 nitrogen and oxygen atoms in total. The van der Waals surface area contributed by atoms with E-state index in [4.69, 9.17) is 9.47 Å². The van der Waals surface area contributed by atoms with Gasteiger partial charge in [0.05, 0.1) is 25.8 Å². The maximum Gasteiger partial charge on any atom is 0.252 e. The van der Waals surface area contributed by atoms with Crippen LogP contribution in [0.2, 0.25) is 0 Å². The lowest BCUT2D eigenvalue weighted by atomic mass is 10.1. The fourth-order valence-corrected chi connectivity index (χ4v) is 3.25. The number of methoxy groups -OCH3 is 2. The molecule has 1 N–H and O–H groups in total. The highest BCUT2D eigenvalue weighted by Gasteiger charge is 2.17. The molecule has 2 aromatic carbocycles. The molecular weight excluding hydrogens is 405 g/mol. The zero-order valence-corrected chi connectivity index (χ0v) is 15.8. The Hall–Kier alpha value is -1.76. The van der Waals surface area contributed by atoms with Gasteiger partial charge in [0.15, 0.2) is 0 Å². The first kappa shape index (κ1) is 17.6. The maximum absolute atomic E-state index is 12.5. The molecular formula is C18H20INO3. The van der Waals surface area contributed by atoms with Crippen molar-refractivity contribution in [1.29, 1.82) is 0 Å². The molecule has 0 aliphatic heterocycles. The van der Waals surface area contributed by atoms with Crippen molar-refractivity contribution < 1.29 is 14.3 Å². The molecule has 0 saturated carbocycles. The van der Waals surface area contributed by atoms with Crippen LogP contribution in [-0.4, -0.2) is 20.1 Å². The van der Waals surface area contributed by atoms with Crippen LogP contribution in [0.1, 0.15) is 34.5 Å². The van der Waals surface area contributed by atoms with E-state index in [-0.39, 0.29) is 11.9 Å². The lowest BCUT2D eigenvalue weighted by Crippen LogP contribution is -2.27. The normalized spacial score (nSPS) is 11.7. The number of amides is 1. The Balaban J connectivity index is 2.24. The zero-order valence-electron chi connectivity index (χ0n) is 13.6. The smallest absolute Gasteiger partial charge is 0.252 e. The number of ether oxygens (including phenoxy) is 2. The number of hydrogen-bond donors (Lipinski definition) is 1. The molecule has 0 saturated heterocycles. The lowest BCUT2D eigenvalue weighted by Gasteiger charge is -2.18. The van der Waals surface area contributed by atoms with Gasteiger partial charge < -0.3 is 14.8 Å². The highest BCUT2D eigenvalue weighted by atomic mass is 127. The van der Waals surface area contributed by atoms with Crippen LogP contribution in [0.25, 0.3) is 0 Å². The Morgan fingerprint density at radius 1 is 1.13 bits per heavy atom. The molecule has 0 spiro atoms. The van der Waals surface area contributed by atoms with Crippen molar-refractivity contribution in [3.05, 3.63) is 56.7 Å². The summed E-state index contributed by atoms with van der Waals surface area (Å²) >= 11 is 2.18. The van der Waals surface area contributed by atoms with E-state index < -0.39 is 0 Å². The van der Waals surface area contributed by atoms with Crippen LogP contribution < -0.4 is 14.8 Å². The van der Waals surface area contributed by atoms with Crippen LogP contribution in [0.15, 0.2) is 36.4 Å². The highest BCUT2D eigenvalue weighted by Crippen LogP contribution is 2.29. The highest BCUT2D eigenvalue weighted by molar-refractivity contribution is 14.1. The van der Waals surface area contributed by atoms with Gasteiger partial charge >= 0.3 is 0 Å². The van der Waals surface area contributed by atoms with Gasteiger partial charge in [-0.25, -0.2) is 0 Å². The monoisotopic (exact) mass is 425 g/mol. The minimum absolute atomic E-state index is 0.105. The third-order valence-corrected chi connectivity index (χ3v) is 4.51. The van der Waals surface area contributed by atoms with Gasteiger partial charge in [-0.1, -0.05) is 11.6 Å². The number of carbonyl (C=O) groups is 1. The van der Waals surface area contributed by atoms with E-state index in [1.165, 1.54) is 0 Å². The van der Waals surface area contributed by atoms with Crippen LogP contribution in [0, 0.1) is 10.5 Å². The Labute approximate surface area is 150 Å². The molecule has 2 rings (SSSR count). The molecule has 0 aliphatic carbocycles. The Morgan fingerprint density at radius 2 is 1.87 bits per heavy atom. The van der Waals surface area contributed by atoms with E-state index in [0.29, 0.717) is 5.56 Å². The predicted octanol–water partition coefficient (Wildman–Crippen LogP) is 4.11. The Bertz CT molecular complexity index is 715. The fourth-order valence-electron chi connectivity index (χ4n) is 2.33. The van der Waals surface area contributed by atoms with E-state index in [0.717, 1.165) is 26.2 Å². The van der Waals surface area contributed by atoms with Crippen molar-refractivity contribution in [1.82, 2.24) is 5.32 Å². The predicted molar refractivity (Wildman–Crippen MR) is 99.3 cm³/mol. The van der Waals surface area contributed by atoms with Gasteiger partial charge in [0, 0.05) is 9.13 Å². The molecule has 5 heteroatoms. The number of aryl methyl sites for hydroxylation is 1. The summed E-state index contributed by atoms with van der Waals surface area (Å²) < 4.78 is 11.6. The van der Waals surface area contributed by atoms with Gasteiger partial charge in [-0.15, -0.1) is 0 Å². The first-order valence-corrected chi connectivity index (χ1v) is 8.33. The van der Waals surface area contributed by atoms with Gasteiger partial charge in [0.1, 0.15) is 11.5 Å². The summed E-state index contributed by atoms with van der Waals surface area (Å²) in [5.41, 5.74) is 2.68. The van der Waals surface area contributed by atoms with Crippen molar-refractivity contribution >= 4 is 28.5 Å². The molecule has 0 bridgehead atoms. The lowest BCUT2D eigenvalue weighted by molar-refractivity contribution is 0.0938. The first-order valence-electron chi connectivity index (χ1n) is 7.25. The second-order valence-electron chi connectivity index (χ2n) is 5.29. The topological polar surface area (TPSA) is 47.6 Å². The average molecular weight is 425 g/mol. The van der Waals surface area contributed by atoms with Crippen LogP contribution in [0.4, 0.5) is 0 Å². The molecule has 2 aromatic rings. The minimum Gasteiger partial charge on any atom is -0.497 e. The summed E-state index contributed by atoms with van der Waals surface area (Å²) in [7, 11) is 3.23. The van der Waals surface area contributed by atoms with Gasteiger partial charge in [-0.2, -0.15) is 0 Å². The van der Waals surface area contributed by atoms with Crippen molar-refractivity contribution in [2.24, 2.45) is 0 Å². The molecule has 0 heterocycles.